The van der Waals surface area contributed by atoms with Crippen LogP contribution in [-0.2, 0) is 21.2 Å². The third-order valence-corrected chi connectivity index (χ3v) is 7.88. The Morgan fingerprint density at radius 1 is 1.32 bits per heavy atom. The minimum atomic E-state index is -3.07. The van der Waals surface area contributed by atoms with Gasteiger partial charge in [-0.25, -0.2) is 13.4 Å². The van der Waals surface area contributed by atoms with Gasteiger partial charge in [0.05, 0.1) is 23.2 Å². The van der Waals surface area contributed by atoms with Gasteiger partial charge in [-0.1, -0.05) is 30.3 Å². The number of benzene rings is 1. The summed E-state index contributed by atoms with van der Waals surface area (Å²) in [7, 11) is -3.07. The van der Waals surface area contributed by atoms with Gasteiger partial charge in [0.15, 0.2) is 9.84 Å². The molecule has 1 aliphatic rings. The minimum Gasteiger partial charge on any atom is -0.351 e. The number of nitrogens with zero attached hydrogens (tertiary/aromatic N) is 2. The summed E-state index contributed by atoms with van der Waals surface area (Å²) in [5.74, 6) is -0.349. The van der Waals surface area contributed by atoms with Crippen LogP contribution < -0.4 is 10.9 Å². The first kappa shape index (κ1) is 18.8. The van der Waals surface area contributed by atoms with E-state index in [4.69, 9.17) is 0 Å². The van der Waals surface area contributed by atoms with Crippen LogP contribution in [0.5, 0.6) is 0 Å². The van der Waals surface area contributed by atoms with E-state index in [1.807, 2.05) is 37.3 Å². The number of hydrogen-bond acceptors (Lipinski definition) is 6. The lowest BCUT2D eigenvalue weighted by molar-refractivity contribution is -0.122. The molecule has 4 rings (SSSR count). The second-order valence-corrected chi connectivity index (χ2v) is 10.2. The molecule has 1 fully saturated rings. The van der Waals surface area contributed by atoms with Crippen LogP contribution in [0.3, 0.4) is 0 Å². The maximum absolute atomic E-state index is 12.9. The molecule has 3 aromatic rings. The zero-order chi connectivity index (χ0) is 19.9. The van der Waals surface area contributed by atoms with E-state index in [-0.39, 0.29) is 29.5 Å². The van der Waals surface area contributed by atoms with Crippen LogP contribution in [0.1, 0.15) is 12.0 Å². The smallest absolute Gasteiger partial charge is 0.262 e. The number of carbonyl (C=O) groups is 1. The first-order valence-corrected chi connectivity index (χ1v) is 11.5. The predicted molar refractivity (Wildman–Crippen MR) is 109 cm³/mol. The van der Waals surface area contributed by atoms with Crippen molar-refractivity contribution in [3.05, 3.63) is 52.6 Å². The fourth-order valence-corrected chi connectivity index (χ4v) is 6.29. The van der Waals surface area contributed by atoms with E-state index in [0.29, 0.717) is 16.6 Å². The van der Waals surface area contributed by atoms with Crippen molar-refractivity contribution < 1.29 is 13.2 Å². The predicted octanol–water partition coefficient (Wildman–Crippen LogP) is 1.74. The molecule has 0 radical (unpaired) electrons. The molecule has 1 N–H and O–H groups in total. The van der Waals surface area contributed by atoms with Gasteiger partial charge in [-0.15, -0.1) is 11.3 Å². The third-order valence-electron chi connectivity index (χ3n) is 4.86. The number of aromatic nitrogens is 2. The van der Waals surface area contributed by atoms with E-state index < -0.39 is 15.9 Å². The molecular weight excluding hydrogens is 398 g/mol. The molecule has 1 amide bonds. The molecule has 0 saturated carbocycles. The van der Waals surface area contributed by atoms with Gasteiger partial charge in [0.1, 0.15) is 11.4 Å². The average Bonchev–Trinajstić information content (AvgIpc) is 3.17. The molecule has 1 aliphatic heterocycles. The van der Waals surface area contributed by atoms with Crippen molar-refractivity contribution in [2.45, 2.75) is 25.9 Å². The second kappa shape index (κ2) is 7.14. The highest BCUT2D eigenvalue weighted by Crippen LogP contribution is 2.35. The highest BCUT2D eigenvalue weighted by molar-refractivity contribution is 7.91. The van der Waals surface area contributed by atoms with Gasteiger partial charge in [-0.3, -0.25) is 14.2 Å². The van der Waals surface area contributed by atoms with E-state index in [9.17, 15) is 18.0 Å². The summed E-state index contributed by atoms with van der Waals surface area (Å²) in [6.45, 7) is 1.70. The summed E-state index contributed by atoms with van der Waals surface area (Å²) >= 11 is 1.45. The lowest BCUT2D eigenvalue weighted by Gasteiger charge is -2.11. The van der Waals surface area contributed by atoms with Crippen molar-refractivity contribution in [1.82, 2.24) is 14.9 Å². The zero-order valence-corrected chi connectivity index (χ0v) is 16.8. The monoisotopic (exact) mass is 417 g/mol. The molecule has 0 bridgehead atoms. The average molecular weight is 418 g/mol. The number of nitrogens with one attached hydrogen (secondary N) is 1. The van der Waals surface area contributed by atoms with Crippen molar-refractivity contribution in [3.8, 4) is 10.4 Å². The number of amides is 1. The second-order valence-electron chi connectivity index (χ2n) is 6.95. The maximum Gasteiger partial charge on any atom is 0.262 e. The quantitative estimate of drug-likeness (QED) is 0.697. The number of thiophene rings is 1. The van der Waals surface area contributed by atoms with Gasteiger partial charge in [0.25, 0.3) is 5.56 Å². The van der Waals surface area contributed by atoms with Crippen LogP contribution in [-0.4, -0.2) is 41.4 Å². The van der Waals surface area contributed by atoms with Crippen LogP contribution in [0.2, 0.25) is 0 Å². The van der Waals surface area contributed by atoms with E-state index in [2.05, 4.69) is 10.3 Å². The molecule has 1 aromatic carbocycles. The third kappa shape index (κ3) is 3.59. The van der Waals surface area contributed by atoms with Crippen LogP contribution >= 0.6 is 11.3 Å². The van der Waals surface area contributed by atoms with Crippen LogP contribution in [0.4, 0.5) is 0 Å². The lowest BCUT2D eigenvalue weighted by atomic mass is 10.1. The Bertz CT molecular complexity index is 1210. The molecule has 0 unspecified atom stereocenters. The first-order valence-electron chi connectivity index (χ1n) is 8.88. The summed E-state index contributed by atoms with van der Waals surface area (Å²) in [6, 6.07) is 9.40. The Labute approximate surface area is 166 Å². The summed E-state index contributed by atoms with van der Waals surface area (Å²) in [5, 5.41) is 3.22. The number of rotatable bonds is 4. The fraction of sp³-hybridized carbons (Fsp3) is 0.316. The molecule has 0 spiro atoms. The summed E-state index contributed by atoms with van der Waals surface area (Å²) in [5.41, 5.74) is 1.60. The van der Waals surface area contributed by atoms with Crippen molar-refractivity contribution in [1.29, 1.82) is 0 Å². The summed E-state index contributed by atoms with van der Waals surface area (Å²) < 4.78 is 24.3. The summed E-state index contributed by atoms with van der Waals surface area (Å²) in [4.78, 5) is 31.2. The number of fused-ring (bicyclic) bond motifs is 1. The topological polar surface area (TPSA) is 98.1 Å². The molecule has 0 aliphatic carbocycles. The van der Waals surface area contributed by atoms with Gasteiger partial charge in [0.2, 0.25) is 5.91 Å². The van der Waals surface area contributed by atoms with Gasteiger partial charge < -0.3 is 5.32 Å². The largest absolute Gasteiger partial charge is 0.351 e. The zero-order valence-electron chi connectivity index (χ0n) is 15.2. The van der Waals surface area contributed by atoms with Crippen LogP contribution in [0.15, 0.2) is 41.5 Å². The van der Waals surface area contributed by atoms with Crippen LogP contribution in [0, 0.1) is 6.92 Å². The normalized spacial score (nSPS) is 18.4. The SMILES string of the molecule is Cc1c(-c2ccccc2)sc2ncn(CC(=O)N[C@H]3CCS(=O)(=O)C3)c(=O)c12. The molecule has 9 heteroatoms. The van der Waals surface area contributed by atoms with Gasteiger partial charge in [0, 0.05) is 10.9 Å². The highest BCUT2D eigenvalue weighted by atomic mass is 32.2. The highest BCUT2D eigenvalue weighted by Gasteiger charge is 2.29. The number of hydrogen-bond donors (Lipinski definition) is 1. The van der Waals surface area contributed by atoms with E-state index in [0.717, 1.165) is 16.0 Å². The van der Waals surface area contributed by atoms with Crippen molar-refractivity contribution in [2.75, 3.05) is 11.5 Å². The Balaban J connectivity index is 1.60. The summed E-state index contributed by atoms with van der Waals surface area (Å²) in [6.07, 6.45) is 1.78. The molecule has 28 heavy (non-hydrogen) atoms. The number of sulfone groups is 1. The maximum atomic E-state index is 12.9. The van der Waals surface area contributed by atoms with E-state index >= 15 is 0 Å². The molecule has 2 aromatic heterocycles. The number of carbonyl (C=O) groups excluding carboxylic acids is 1. The van der Waals surface area contributed by atoms with Crippen molar-refractivity contribution in [3.63, 3.8) is 0 Å². The Morgan fingerprint density at radius 2 is 2.07 bits per heavy atom. The van der Waals surface area contributed by atoms with Crippen LogP contribution in [0.25, 0.3) is 20.7 Å². The van der Waals surface area contributed by atoms with Gasteiger partial charge >= 0.3 is 0 Å². The Morgan fingerprint density at radius 3 is 2.75 bits per heavy atom. The fourth-order valence-electron chi connectivity index (χ4n) is 3.47. The van der Waals surface area contributed by atoms with Gasteiger partial charge in [-0.05, 0) is 24.5 Å². The van der Waals surface area contributed by atoms with E-state index in [1.54, 1.807) is 0 Å². The molecule has 1 atom stereocenters. The minimum absolute atomic E-state index is 0.0466. The number of aryl methyl sites for hydroxylation is 1. The van der Waals surface area contributed by atoms with E-state index in [1.165, 1.54) is 22.2 Å². The molecular formula is C19H19N3O4S2. The first-order chi connectivity index (χ1) is 13.3. The standard InChI is InChI=1S/C19H19N3O4S2/c1-12-16-18(27-17(12)13-5-3-2-4-6-13)20-11-22(19(16)24)9-15(23)21-14-7-8-28(25,26)10-14/h2-6,11,14H,7-10H2,1H3,(H,21,23)/t14-/m0/s1. The molecule has 1 saturated heterocycles. The lowest BCUT2D eigenvalue weighted by Crippen LogP contribution is -2.39. The van der Waals surface area contributed by atoms with Crippen molar-refractivity contribution in [2.24, 2.45) is 0 Å². The van der Waals surface area contributed by atoms with Gasteiger partial charge in [-0.2, -0.15) is 0 Å². The Hall–Kier alpha value is -2.52. The molecule has 146 valence electrons. The van der Waals surface area contributed by atoms with Crippen molar-refractivity contribution >= 4 is 37.3 Å². The molecule has 7 nitrogen and oxygen atoms in total. The Kier molecular flexibility index (Phi) is 4.80. The molecule has 3 heterocycles.